The highest BCUT2D eigenvalue weighted by Crippen LogP contribution is 2.24. The van der Waals surface area contributed by atoms with Crippen LogP contribution in [0.25, 0.3) is 0 Å². The summed E-state index contributed by atoms with van der Waals surface area (Å²) >= 11 is 0. The van der Waals surface area contributed by atoms with E-state index >= 15 is 0 Å². The molecule has 0 radical (unpaired) electrons. The van der Waals surface area contributed by atoms with Crippen LogP contribution in [0.5, 0.6) is 0 Å². The van der Waals surface area contributed by atoms with Crippen molar-refractivity contribution >= 4 is 11.4 Å². The molecule has 1 aromatic heterocycles. The van der Waals surface area contributed by atoms with Crippen LogP contribution in [0.3, 0.4) is 0 Å². The summed E-state index contributed by atoms with van der Waals surface area (Å²) in [5, 5.41) is 13.7. The molecule has 0 atom stereocenters. The van der Waals surface area contributed by atoms with Crippen molar-refractivity contribution in [3.63, 3.8) is 0 Å². The highest BCUT2D eigenvalue weighted by Gasteiger charge is 2.14. The standard InChI is InChI=1S/C12H13FN4O2/c1-16-8-14-7-10(16)4-5-15-11-3-2-9(13)6-12(11)17(18)19/h2-3,6-8,15H,4-5H2,1H3. The number of hydrogen-bond acceptors (Lipinski definition) is 4. The van der Waals surface area contributed by atoms with Gasteiger partial charge in [-0.25, -0.2) is 9.37 Å². The number of nitrogens with one attached hydrogen (secondary N) is 1. The Morgan fingerprint density at radius 2 is 2.32 bits per heavy atom. The van der Waals surface area contributed by atoms with E-state index in [9.17, 15) is 14.5 Å². The minimum Gasteiger partial charge on any atom is -0.379 e. The van der Waals surface area contributed by atoms with Crippen molar-refractivity contribution in [3.8, 4) is 0 Å². The van der Waals surface area contributed by atoms with E-state index in [0.717, 1.165) is 11.8 Å². The van der Waals surface area contributed by atoms with Crippen molar-refractivity contribution in [1.82, 2.24) is 9.55 Å². The normalized spacial score (nSPS) is 10.4. The van der Waals surface area contributed by atoms with E-state index in [0.29, 0.717) is 18.7 Å². The van der Waals surface area contributed by atoms with Crippen LogP contribution in [0.15, 0.2) is 30.7 Å². The summed E-state index contributed by atoms with van der Waals surface area (Å²) in [6.45, 7) is 0.506. The first kappa shape index (κ1) is 13.0. The van der Waals surface area contributed by atoms with Gasteiger partial charge in [0, 0.05) is 31.9 Å². The number of anilines is 1. The fraction of sp³-hybridized carbons (Fsp3) is 0.250. The molecule has 0 aliphatic carbocycles. The second-order valence-electron chi connectivity index (χ2n) is 4.09. The van der Waals surface area contributed by atoms with Crippen LogP contribution < -0.4 is 5.32 Å². The molecule has 100 valence electrons. The van der Waals surface area contributed by atoms with E-state index in [1.54, 1.807) is 12.5 Å². The maximum absolute atomic E-state index is 13.0. The lowest BCUT2D eigenvalue weighted by Gasteiger charge is -2.07. The van der Waals surface area contributed by atoms with Gasteiger partial charge in [0.25, 0.3) is 5.69 Å². The number of rotatable bonds is 5. The molecule has 7 heteroatoms. The number of aromatic nitrogens is 2. The number of hydrogen-bond donors (Lipinski definition) is 1. The molecule has 0 amide bonds. The van der Waals surface area contributed by atoms with Crippen molar-refractivity contribution < 1.29 is 9.31 Å². The maximum atomic E-state index is 13.0. The highest BCUT2D eigenvalue weighted by molar-refractivity contribution is 5.61. The smallest absolute Gasteiger partial charge is 0.295 e. The van der Waals surface area contributed by atoms with E-state index in [1.165, 1.54) is 12.1 Å². The Morgan fingerprint density at radius 3 is 2.95 bits per heavy atom. The molecular weight excluding hydrogens is 251 g/mol. The first-order chi connectivity index (χ1) is 9.08. The zero-order chi connectivity index (χ0) is 13.8. The largest absolute Gasteiger partial charge is 0.379 e. The van der Waals surface area contributed by atoms with E-state index in [-0.39, 0.29) is 5.69 Å². The lowest BCUT2D eigenvalue weighted by molar-refractivity contribution is -0.384. The van der Waals surface area contributed by atoms with Crippen molar-refractivity contribution in [3.05, 3.63) is 52.3 Å². The Kier molecular flexibility index (Phi) is 3.74. The van der Waals surface area contributed by atoms with Crippen LogP contribution in [0.4, 0.5) is 15.8 Å². The zero-order valence-corrected chi connectivity index (χ0v) is 10.3. The third kappa shape index (κ3) is 3.06. The molecule has 19 heavy (non-hydrogen) atoms. The Labute approximate surface area is 109 Å². The van der Waals surface area contributed by atoms with Gasteiger partial charge in [-0.15, -0.1) is 0 Å². The fourth-order valence-corrected chi connectivity index (χ4v) is 1.76. The molecule has 1 N–H and O–H groups in total. The SMILES string of the molecule is Cn1cncc1CCNc1ccc(F)cc1[N+](=O)[O-]. The molecule has 2 aromatic rings. The van der Waals surface area contributed by atoms with Crippen LogP contribution in [0.2, 0.25) is 0 Å². The monoisotopic (exact) mass is 264 g/mol. The molecule has 0 unspecified atom stereocenters. The zero-order valence-electron chi connectivity index (χ0n) is 10.3. The van der Waals surface area contributed by atoms with E-state index in [2.05, 4.69) is 10.3 Å². The molecular formula is C12H13FN4O2. The summed E-state index contributed by atoms with van der Waals surface area (Å²) in [6.07, 6.45) is 4.10. The first-order valence-corrected chi connectivity index (χ1v) is 5.71. The van der Waals surface area contributed by atoms with Gasteiger partial charge in [-0.1, -0.05) is 0 Å². The lowest BCUT2D eigenvalue weighted by Crippen LogP contribution is -2.09. The van der Waals surface area contributed by atoms with Gasteiger partial charge >= 0.3 is 0 Å². The van der Waals surface area contributed by atoms with Gasteiger partial charge in [0.05, 0.1) is 17.3 Å². The second-order valence-corrected chi connectivity index (χ2v) is 4.09. The number of halogens is 1. The lowest BCUT2D eigenvalue weighted by atomic mass is 10.2. The van der Waals surface area contributed by atoms with Crippen LogP contribution >= 0.6 is 0 Å². The van der Waals surface area contributed by atoms with Crippen LogP contribution in [0, 0.1) is 15.9 Å². The first-order valence-electron chi connectivity index (χ1n) is 5.71. The summed E-state index contributed by atoms with van der Waals surface area (Å²) in [5.41, 5.74) is 1.07. The van der Waals surface area contributed by atoms with Crippen LogP contribution in [-0.4, -0.2) is 21.0 Å². The number of imidazole rings is 1. The fourth-order valence-electron chi connectivity index (χ4n) is 1.76. The van der Waals surface area contributed by atoms with Crippen molar-refractivity contribution in [2.75, 3.05) is 11.9 Å². The molecule has 0 aliphatic heterocycles. The molecule has 1 aromatic carbocycles. The Hall–Kier alpha value is -2.44. The van der Waals surface area contributed by atoms with Crippen molar-refractivity contribution in [2.45, 2.75) is 6.42 Å². The minimum absolute atomic E-state index is 0.259. The van der Waals surface area contributed by atoms with E-state index < -0.39 is 10.7 Å². The van der Waals surface area contributed by atoms with Gasteiger partial charge in [0.2, 0.25) is 0 Å². The molecule has 0 aliphatic rings. The van der Waals surface area contributed by atoms with Gasteiger partial charge in [-0.05, 0) is 12.1 Å². The number of aryl methyl sites for hydroxylation is 1. The van der Waals surface area contributed by atoms with Crippen molar-refractivity contribution in [1.29, 1.82) is 0 Å². The van der Waals surface area contributed by atoms with Gasteiger partial charge in [-0.2, -0.15) is 0 Å². The summed E-state index contributed by atoms with van der Waals surface area (Å²) in [6, 6.07) is 3.47. The third-order valence-electron chi connectivity index (χ3n) is 2.77. The molecule has 1 heterocycles. The second kappa shape index (κ2) is 5.47. The Balaban J connectivity index is 2.03. The Bertz CT molecular complexity index is 597. The average Bonchev–Trinajstić information content (AvgIpc) is 2.77. The maximum Gasteiger partial charge on any atom is 0.295 e. The summed E-state index contributed by atoms with van der Waals surface area (Å²) in [7, 11) is 1.88. The van der Waals surface area contributed by atoms with Gasteiger partial charge in [-0.3, -0.25) is 10.1 Å². The summed E-state index contributed by atoms with van der Waals surface area (Å²) in [4.78, 5) is 14.2. The molecule has 6 nitrogen and oxygen atoms in total. The predicted octanol–water partition coefficient (Wildman–Crippen LogP) is 2.12. The highest BCUT2D eigenvalue weighted by atomic mass is 19.1. The number of benzene rings is 1. The number of nitro benzene ring substituents is 1. The quantitative estimate of drug-likeness (QED) is 0.663. The Morgan fingerprint density at radius 1 is 1.53 bits per heavy atom. The van der Waals surface area contributed by atoms with E-state index in [4.69, 9.17) is 0 Å². The summed E-state index contributed by atoms with van der Waals surface area (Å²) < 4.78 is 14.8. The van der Waals surface area contributed by atoms with E-state index in [1.807, 2.05) is 11.6 Å². The van der Waals surface area contributed by atoms with Crippen LogP contribution in [0.1, 0.15) is 5.69 Å². The molecule has 0 spiro atoms. The third-order valence-corrected chi connectivity index (χ3v) is 2.77. The molecule has 0 fully saturated rings. The summed E-state index contributed by atoms with van der Waals surface area (Å²) in [5.74, 6) is -0.621. The number of nitrogens with zero attached hydrogens (tertiary/aromatic N) is 3. The molecule has 0 saturated heterocycles. The molecule has 0 saturated carbocycles. The topological polar surface area (TPSA) is 73.0 Å². The predicted molar refractivity (Wildman–Crippen MR) is 68.5 cm³/mol. The van der Waals surface area contributed by atoms with Gasteiger partial charge in [0.1, 0.15) is 11.5 Å². The molecule has 2 rings (SSSR count). The van der Waals surface area contributed by atoms with Crippen LogP contribution in [-0.2, 0) is 13.5 Å². The van der Waals surface area contributed by atoms with Crippen molar-refractivity contribution in [2.24, 2.45) is 7.05 Å². The van der Waals surface area contributed by atoms with Gasteiger partial charge in [0.15, 0.2) is 0 Å². The van der Waals surface area contributed by atoms with Gasteiger partial charge < -0.3 is 9.88 Å². The molecule has 0 bridgehead atoms. The number of nitro groups is 1. The average molecular weight is 264 g/mol. The minimum atomic E-state index is -0.621.